The molecule has 0 aliphatic rings. The first-order chi connectivity index (χ1) is 17.0. The van der Waals surface area contributed by atoms with Crippen LogP contribution in [0.15, 0.2) is 30.5 Å². The minimum absolute atomic E-state index is 0.0992. The van der Waals surface area contributed by atoms with Crippen molar-refractivity contribution in [3.63, 3.8) is 0 Å². The molecule has 5 N–H and O–H groups in total. The van der Waals surface area contributed by atoms with Crippen LogP contribution in [0.4, 0.5) is 11.5 Å². The molecule has 0 amide bonds. The third kappa shape index (κ3) is 9.81. The van der Waals surface area contributed by atoms with E-state index in [1.807, 2.05) is 0 Å². The first-order valence-electron chi connectivity index (χ1n) is 10.2. The second kappa shape index (κ2) is 14.2. The number of Topliss-reactive ketones (excluding diaryl/α,β-unsaturated/α-hetero) is 1. The molecule has 2 heterocycles. The molecule has 0 aliphatic heterocycles. The van der Waals surface area contributed by atoms with Gasteiger partial charge < -0.3 is 21.3 Å². The van der Waals surface area contributed by atoms with E-state index in [-0.39, 0.29) is 30.9 Å². The monoisotopic (exact) mass is 738 g/mol. The summed E-state index contributed by atoms with van der Waals surface area (Å²) < 4.78 is 0. The summed E-state index contributed by atoms with van der Waals surface area (Å²) in [5.41, 5.74) is 8.43. The van der Waals surface area contributed by atoms with Crippen LogP contribution in [0.25, 0.3) is 11.2 Å². The molecule has 1 unspecified atom stereocenters. The van der Waals surface area contributed by atoms with Gasteiger partial charge in [-0.2, -0.15) is 0 Å². The predicted molar refractivity (Wildman–Crippen MR) is 133 cm³/mol. The van der Waals surface area contributed by atoms with Crippen molar-refractivity contribution in [3.8, 4) is 0 Å². The van der Waals surface area contributed by atoms with Crippen molar-refractivity contribution in [2.24, 2.45) is 5.92 Å². The van der Waals surface area contributed by atoms with E-state index in [9.17, 15) is 19.5 Å². The number of hydrogen-bond donors (Lipinski definition) is 4. The number of benzene rings is 1. The van der Waals surface area contributed by atoms with Gasteiger partial charge in [-0.25, -0.2) is 19.9 Å². The maximum absolute atomic E-state index is 12.4. The molecule has 0 bridgehead atoms. The number of carbonyl (C=O) groups is 3. The van der Waals surface area contributed by atoms with Crippen molar-refractivity contribution in [3.05, 3.63) is 47.5 Å². The number of fused-ring (bicyclic) bond motifs is 1. The molecule has 15 heteroatoms. The van der Waals surface area contributed by atoms with Crippen LogP contribution >= 0.6 is 28.3 Å². The number of nitrogens with two attached hydrogens (primary N) is 1. The van der Waals surface area contributed by atoms with Crippen LogP contribution in [0, 0.1) is 12.8 Å². The van der Waals surface area contributed by atoms with E-state index in [1.54, 1.807) is 37.4 Å². The molecule has 0 spiro atoms. The van der Waals surface area contributed by atoms with Crippen LogP contribution in [0.2, 0.25) is 0 Å². The number of aliphatic carboxylic acids is 2. The summed E-state index contributed by atoms with van der Waals surface area (Å²) in [5.74, 6) is -2.91. The van der Waals surface area contributed by atoms with Crippen LogP contribution in [-0.2, 0) is 30.3 Å². The Morgan fingerprint density at radius 1 is 1.08 bits per heavy atom. The molecule has 36 heavy (non-hydrogen) atoms. The predicted octanol–water partition coefficient (Wildman–Crippen LogP) is 4.13. The Bertz CT molecular complexity index is 1230. The number of carboxylic acid groups (broad SMARTS) is 2. The number of ketones is 1. The molecular formula is C21H22Cl3N6O5Pt. The van der Waals surface area contributed by atoms with Gasteiger partial charge in [0.15, 0.2) is 22.8 Å². The summed E-state index contributed by atoms with van der Waals surface area (Å²) in [7, 11) is 14.9. The van der Waals surface area contributed by atoms with Gasteiger partial charge in [0.05, 0.1) is 24.4 Å². The van der Waals surface area contributed by atoms with Gasteiger partial charge in [-0.3, -0.25) is 14.4 Å². The molecule has 1 atom stereocenters. The van der Waals surface area contributed by atoms with E-state index in [0.717, 1.165) is 5.69 Å². The molecule has 1 aromatic carbocycles. The fraction of sp³-hybridized carbons (Fsp3) is 0.286. The van der Waals surface area contributed by atoms with Gasteiger partial charge in [0.25, 0.3) is 0 Å². The number of carboxylic acids is 2. The molecule has 197 valence electrons. The Balaban J connectivity index is 0.00000106. The third-order valence-corrected chi connectivity index (χ3v) is 4.76. The van der Waals surface area contributed by atoms with E-state index < -0.39 is 32.0 Å². The number of anilines is 2. The zero-order valence-electron chi connectivity index (χ0n) is 18.7. The molecule has 3 aromatic rings. The van der Waals surface area contributed by atoms with Crippen molar-refractivity contribution in [1.29, 1.82) is 0 Å². The Hall–Kier alpha value is -2.59. The van der Waals surface area contributed by atoms with E-state index in [4.69, 9.17) is 39.1 Å². The van der Waals surface area contributed by atoms with Gasteiger partial charge in [0, 0.05) is 24.1 Å². The summed E-state index contributed by atoms with van der Waals surface area (Å²) in [6.07, 6.45) is 0.924. The van der Waals surface area contributed by atoms with Gasteiger partial charge in [0.2, 0.25) is 0 Å². The fourth-order valence-electron chi connectivity index (χ4n) is 3.08. The van der Waals surface area contributed by atoms with E-state index in [0.29, 0.717) is 34.8 Å². The van der Waals surface area contributed by atoms with Gasteiger partial charge in [0.1, 0.15) is 5.82 Å². The van der Waals surface area contributed by atoms with Gasteiger partial charge in [-0.15, -0.1) is 0 Å². The fourth-order valence-corrected chi connectivity index (χ4v) is 3.08. The first-order valence-corrected chi connectivity index (χ1v) is 18.6. The molecule has 0 fully saturated rings. The van der Waals surface area contributed by atoms with Crippen molar-refractivity contribution in [1.82, 2.24) is 19.9 Å². The Morgan fingerprint density at radius 3 is 2.31 bits per heavy atom. The maximum atomic E-state index is 12.4. The Kier molecular flexibility index (Phi) is 11.7. The molecule has 0 saturated carbocycles. The van der Waals surface area contributed by atoms with Crippen molar-refractivity contribution in [2.75, 3.05) is 11.1 Å². The molecule has 11 nitrogen and oxygen atoms in total. The Labute approximate surface area is 223 Å². The first kappa shape index (κ1) is 29.6. The Morgan fingerprint density at radius 2 is 1.72 bits per heavy atom. The molecular weight excluding hydrogens is 718 g/mol. The van der Waals surface area contributed by atoms with Crippen LogP contribution in [-0.4, -0.2) is 47.9 Å². The average Bonchev–Trinajstić information content (AvgIpc) is 2.80. The summed E-state index contributed by atoms with van der Waals surface area (Å²) in [6.45, 7) is 2.07. The topological polar surface area (TPSA) is 181 Å². The van der Waals surface area contributed by atoms with Gasteiger partial charge in [-0.1, -0.05) is 0 Å². The zero-order valence-corrected chi connectivity index (χ0v) is 23.3. The van der Waals surface area contributed by atoms with Gasteiger partial charge in [-0.05, 0) is 37.6 Å². The second-order valence-electron chi connectivity index (χ2n) is 7.35. The quantitative estimate of drug-likeness (QED) is 0.220. The van der Waals surface area contributed by atoms with Crippen molar-refractivity contribution in [2.45, 2.75) is 32.7 Å². The number of nitrogens with one attached hydrogen (secondary N) is 1. The number of nitrogen functional groups attached to an aromatic ring is 1. The normalized spacial score (nSPS) is 11.7. The average molecular weight is 740 g/mol. The molecule has 0 aliphatic carbocycles. The summed E-state index contributed by atoms with van der Waals surface area (Å²) in [6, 6.07) is 6.55. The van der Waals surface area contributed by atoms with Crippen LogP contribution in [0.3, 0.4) is 0 Å². The number of aromatic nitrogens is 4. The van der Waals surface area contributed by atoms with E-state index >= 15 is 0 Å². The van der Waals surface area contributed by atoms with Crippen LogP contribution in [0.5, 0.6) is 0 Å². The number of rotatable bonds is 10. The van der Waals surface area contributed by atoms with Crippen molar-refractivity contribution >= 4 is 68.6 Å². The number of aryl methyl sites for hydroxylation is 1. The number of nitrogens with zero attached hydrogens (tertiary/aromatic N) is 4. The molecule has 0 radical (unpaired) electrons. The van der Waals surface area contributed by atoms with Crippen LogP contribution in [0.1, 0.15) is 41.1 Å². The summed E-state index contributed by atoms with van der Waals surface area (Å²) in [4.78, 5) is 51.3. The molecule has 3 rings (SSSR count). The van der Waals surface area contributed by atoms with E-state index in [2.05, 4.69) is 25.3 Å². The number of halogens is 3. The molecule has 0 saturated heterocycles. The zero-order chi connectivity index (χ0) is 26.8. The number of hydrogen-bond acceptors (Lipinski definition) is 9. The summed E-state index contributed by atoms with van der Waals surface area (Å²) in [5, 5.41) is 21.1. The molecule has 2 aromatic heterocycles. The minimum atomic E-state index is -1.85. The standard InChI is InChI=1S/C21H22N6O5.3ClH.Pt/c1-11-25-19(22)18-20(26-11)24-10-15(27-18)9-23-14-5-2-12(3-6-14)16(28)8-13(21(31)32)4-7-17(29)30;;;;/h2-3,5-6,10,13,23H,4,7-9H2,1H3,(H,29,30)(H,31,32)(H2,22,24,25,26);3*1H;/q;;;;+3/p-3. The van der Waals surface area contributed by atoms with Gasteiger partial charge >= 0.3 is 54.4 Å². The third-order valence-electron chi connectivity index (χ3n) is 4.76. The summed E-state index contributed by atoms with van der Waals surface area (Å²) >= 11 is -1.85. The second-order valence-corrected chi connectivity index (χ2v) is 17.2. The van der Waals surface area contributed by atoms with E-state index in [1.165, 1.54) is 0 Å². The van der Waals surface area contributed by atoms with Crippen molar-refractivity contribution < 1.29 is 38.8 Å². The SMILES string of the molecule is Cc1nc(N)c2nc(CNc3ccc(C(=O)CC(CCC(=O)O)C(=O)O)cc3)cnc2n1.[Cl][Pt]([Cl])[Cl]. The number of carbonyl (C=O) groups excluding carboxylic acids is 1. The van der Waals surface area contributed by atoms with Crippen LogP contribution < -0.4 is 11.1 Å².